The molecule has 2 heterocycles. The molecule has 0 radical (unpaired) electrons. The van der Waals surface area contributed by atoms with E-state index in [2.05, 4.69) is 35.8 Å². The molecule has 0 saturated heterocycles. The third kappa shape index (κ3) is 4.74. The lowest BCUT2D eigenvalue weighted by Gasteiger charge is -2.06. The number of aromatic nitrogens is 2. The quantitative estimate of drug-likeness (QED) is 0.388. The van der Waals surface area contributed by atoms with Gasteiger partial charge in [-0.05, 0) is 36.4 Å². The molecular formula is C18H13BrN4OS. The zero-order chi connectivity index (χ0) is 17.5. The number of nitrogens with one attached hydrogen (secondary N) is 1. The zero-order valence-electron chi connectivity index (χ0n) is 13.0. The van der Waals surface area contributed by atoms with E-state index in [1.54, 1.807) is 24.5 Å². The average molecular weight is 413 g/mol. The molecule has 0 saturated carbocycles. The van der Waals surface area contributed by atoms with Crippen LogP contribution in [0.3, 0.4) is 0 Å². The van der Waals surface area contributed by atoms with E-state index in [1.807, 2.05) is 48.5 Å². The molecule has 0 atom stereocenters. The molecule has 25 heavy (non-hydrogen) atoms. The molecule has 0 aliphatic heterocycles. The number of hydrogen-bond donors (Lipinski definition) is 1. The summed E-state index contributed by atoms with van der Waals surface area (Å²) in [6.45, 7) is 0. The van der Waals surface area contributed by atoms with Gasteiger partial charge in [0.15, 0.2) is 0 Å². The van der Waals surface area contributed by atoms with E-state index in [-0.39, 0.29) is 5.12 Å². The predicted octanol–water partition coefficient (Wildman–Crippen LogP) is 4.07. The van der Waals surface area contributed by atoms with Crippen molar-refractivity contribution in [2.75, 3.05) is 0 Å². The Morgan fingerprint density at radius 2 is 1.64 bits per heavy atom. The second kappa shape index (κ2) is 8.55. The normalized spacial score (nSPS) is 10.1. The lowest BCUT2D eigenvalue weighted by molar-refractivity contribution is 0.108. The van der Waals surface area contributed by atoms with Crippen molar-refractivity contribution in [2.45, 2.75) is 0 Å². The van der Waals surface area contributed by atoms with E-state index in [0.717, 1.165) is 16.4 Å². The minimum atomic E-state index is -0.133. The fraction of sp³-hybridized carbons (Fsp3) is 0. The van der Waals surface area contributed by atoms with Crippen molar-refractivity contribution >= 4 is 38.7 Å². The molecule has 0 bridgehead atoms. The fourth-order valence-corrected chi connectivity index (χ4v) is 2.90. The molecule has 2 aromatic heterocycles. The first-order valence-corrected chi connectivity index (χ1v) is 8.97. The summed E-state index contributed by atoms with van der Waals surface area (Å²) in [5, 5.41) is 4.19. The third-order valence-corrected chi connectivity index (χ3v) is 4.27. The van der Waals surface area contributed by atoms with Crippen LogP contribution >= 0.6 is 27.9 Å². The van der Waals surface area contributed by atoms with Crippen LogP contribution in [-0.2, 0) is 0 Å². The van der Waals surface area contributed by atoms with Crippen LogP contribution in [0.25, 0.3) is 0 Å². The number of carbonyl (C=O) groups is 1. The van der Waals surface area contributed by atoms with Gasteiger partial charge in [-0.3, -0.25) is 14.8 Å². The van der Waals surface area contributed by atoms with Crippen molar-refractivity contribution in [3.63, 3.8) is 0 Å². The minimum Gasteiger partial charge on any atom is -0.280 e. The Kier molecular flexibility index (Phi) is 5.92. The van der Waals surface area contributed by atoms with Crippen LogP contribution < -0.4 is 4.83 Å². The number of halogens is 1. The maximum atomic E-state index is 12.2. The van der Waals surface area contributed by atoms with Gasteiger partial charge in [-0.15, -0.1) is 0 Å². The summed E-state index contributed by atoms with van der Waals surface area (Å²) in [7, 11) is 0. The summed E-state index contributed by atoms with van der Waals surface area (Å²) in [4.78, 5) is 23.6. The van der Waals surface area contributed by atoms with E-state index >= 15 is 0 Å². The summed E-state index contributed by atoms with van der Waals surface area (Å²) in [5.74, 6) is 0. The smallest absolute Gasteiger partial charge is 0.240 e. The molecule has 3 rings (SSSR count). The van der Waals surface area contributed by atoms with E-state index in [9.17, 15) is 4.79 Å². The van der Waals surface area contributed by atoms with Gasteiger partial charge in [0.05, 0.1) is 11.4 Å². The SMILES string of the molecule is O=C(SNN=C(c1ccccn1)c1ccccn1)c1cccc(Br)c1. The third-order valence-electron chi connectivity index (χ3n) is 3.17. The van der Waals surface area contributed by atoms with Crippen molar-refractivity contribution in [3.8, 4) is 0 Å². The number of nitrogens with zero attached hydrogens (tertiary/aromatic N) is 3. The Bertz CT molecular complexity index is 846. The Hall–Kier alpha value is -2.51. The summed E-state index contributed by atoms with van der Waals surface area (Å²) < 4.78 is 0.852. The Morgan fingerprint density at radius 3 is 2.20 bits per heavy atom. The predicted molar refractivity (Wildman–Crippen MR) is 103 cm³/mol. The monoisotopic (exact) mass is 412 g/mol. The molecule has 0 amide bonds. The van der Waals surface area contributed by atoms with Gasteiger partial charge in [0.1, 0.15) is 5.71 Å². The Labute approximate surface area is 157 Å². The first-order valence-electron chi connectivity index (χ1n) is 7.36. The highest BCUT2D eigenvalue weighted by molar-refractivity contribution is 9.10. The molecule has 3 aromatic rings. The highest BCUT2D eigenvalue weighted by Gasteiger charge is 2.11. The van der Waals surface area contributed by atoms with Crippen molar-refractivity contribution in [2.24, 2.45) is 5.10 Å². The highest BCUT2D eigenvalue weighted by atomic mass is 79.9. The number of hydrazone groups is 1. The Morgan fingerprint density at radius 1 is 0.960 bits per heavy atom. The lowest BCUT2D eigenvalue weighted by atomic mass is 10.1. The second-order valence-electron chi connectivity index (χ2n) is 4.88. The fourth-order valence-electron chi connectivity index (χ4n) is 2.04. The molecule has 0 aliphatic rings. The first-order chi connectivity index (χ1) is 12.2. The molecule has 0 unspecified atom stereocenters. The van der Waals surface area contributed by atoms with Gasteiger partial charge < -0.3 is 0 Å². The molecule has 0 fully saturated rings. The van der Waals surface area contributed by atoms with Crippen LogP contribution in [0.4, 0.5) is 0 Å². The van der Waals surface area contributed by atoms with Crippen molar-refractivity contribution in [3.05, 3.63) is 94.5 Å². The van der Waals surface area contributed by atoms with Crippen molar-refractivity contribution in [1.82, 2.24) is 14.8 Å². The zero-order valence-corrected chi connectivity index (χ0v) is 15.4. The molecule has 7 heteroatoms. The number of benzene rings is 1. The summed E-state index contributed by atoms with van der Waals surface area (Å²) in [6, 6.07) is 18.3. The van der Waals surface area contributed by atoms with Gasteiger partial charge in [0.25, 0.3) is 0 Å². The number of pyridine rings is 2. The van der Waals surface area contributed by atoms with Crippen LogP contribution in [0.1, 0.15) is 21.7 Å². The molecular weight excluding hydrogens is 400 g/mol. The first kappa shape index (κ1) is 17.3. The van der Waals surface area contributed by atoms with Gasteiger partial charge in [0, 0.05) is 34.4 Å². The molecule has 0 spiro atoms. The molecule has 0 aliphatic carbocycles. The maximum absolute atomic E-state index is 12.2. The molecule has 1 aromatic carbocycles. The lowest BCUT2D eigenvalue weighted by Crippen LogP contribution is -2.12. The minimum absolute atomic E-state index is 0.133. The number of rotatable bonds is 5. The molecule has 1 N–H and O–H groups in total. The largest absolute Gasteiger partial charge is 0.280 e. The van der Waals surface area contributed by atoms with Gasteiger partial charge >= 0.3 is 0 Å². The van der Waals surface area contributed by atoms with Crippen molar-refractivity contribution < 1.29 is 4.79 Å². The van der Waals surface area contributed by atoms with Crippen LogP contribution in [-0.4, -0.2) is 20.8 Å². The van der Waals surface area contributed by atoms with E-state index in [0.29, 0.717) is 22.7 Å². The number of hydrogen-bond acceptors (Lipinski definition) is 6. The average Bonchev–Trinajstić information content (AvgIpc) is 2.66. The second-order valence-corrected chi connectivity index (χ2v) is 6.55. The van der Waals surface area contributed by atoms with E-state index in [4.69, 9.17) is 0 Å². The van der Waals surface area contributed by atoms with Crippen LogP contribution in [0.2, 0.25) is 0 Å². The van der Waals surface area contributed by atoms with Gasteiger partial charge in [0.2, 0.25) is 5.12 Å². The van der Waals surface area contributed by atoms with Gasteiger partial charge in [-0.2, -0.15) is 5.10 Å². The van der Waals surface area contributed by atoms with Gasteiger partial charge in [-0.1, -0.05) is 40.2 Å². The standard InChI is InChI=1S/C18H13BrN4OS/c19-14-7-5-6-13(12-14)18(24)25-23-22-17(15-8-1-3-10-20-15)16-9-2-4-11-21-16/h1-12,23H. The maximum Gasteiger partial charge on any atom is 0.240 e. The highest BCUT2D eigenvalue weighted by Crippen LogP contribution is 2.16. The van der Waals surface area contributed by atoms with Crippen molar-refractivity contribution in [1.29, 1.82) is 0 Å². The van der Waals surface area contributed by atoms with Gasteiger partial charge in [-0.25, -0.2) is 4.83 Å². The summed E-state index contributed by atoms with van der Waals surface area (Å²) in [6.07, 6.45) is 3.38. The summed E-state index contributed by atoms with van der Waals surface area (Å²) in [5.41, 5.74) is 2.49. The van der Waals surface area contributed by atoms with E-state index in [1.165, 1.54) is 0 Å². The topological polar surface area (TPSA) is 67.2 Å². The number of carbonyl (C=O) groups excluding carboxylic acids is 1. The van der Waals surface area contributed by atoms with E-state index < -0.39 is 0 Å². The summed E-state index contributed by atoms with van der Waals surface area (Å²) >= 11 is 4.26. The van der Waals surface area contributed by atoms with Crippen LogP contribution in [0, 0.1) is 0 Å². The van der Waals surface area contributed by atoms with Crippen LogP contribution in [0.15, 0.2) is 82.6 Å². The molecule has 5 nitrogen and oxygen atoms in total. The van der Waals surface area contributed by atoms with Crippen LogP contribution in [0.5, 0.6) is 0 Å². The Balaban J connectivity index is 1.79. The molecule has 124 valence electrons.